The van der Waals surface area contributed by atoms with E-state index in [1.54, 1.807) is 6.20 Å². The Morgan fingerprint density at radius 3 is 2.66 bits per heavy atom. The number of carbonyl (C=O) groups is 1. The van der Waals surface area contributed by atoms with Gasteiger partial charge < -0.3 is 9.47 Å². The largest absolute Gasteiger partial charge is 0.488 e. The fourth-order valence-electron chi connectivity index (χ4n) is 3.98. The van der Waals surface area contributed by atoms with E-state index in [2.05, 4.69) is 50.6 Å². The average Bonchev–Trinajstić information content (AvgIpc) is 2.64. The molecule has 1 aromatic carbocycles. The molecule has 0 unspecified atom stereocenters. The lowest BCUT2D eigenvalue weighted by atomic mass is 9.73. The molecule has 1 aromatic heterocycles. The molecule has 0 atom stereocenters. The van der Waals surface area contributed by atoms with E-state index in [0.29, 0.717) is 25.1 Å². The summed E-state index contributed by atoms with van der Waals surface area (Å²) >= 11 is 0. The fraction of sp³-hybridized carbons (Fsp3) is 0.440. The minimum absolute atomic E-state index is 0.0353. The highest BCUT2D eigenvalue weighted by molar-refractivity contribution is 5.69. The molecule has 0 fully saturated rings. The summed E-state index contributed by atoms with van der Waals surface area (Å²) in [6.07, 6.45) is 3.72. The number of nitrogens with zero attached hydrogens (tertiary/aromatic N) is 1. The van der Waals surface area contributed by atoms with Gasteiger partial charge in [0.05, 0.1) is 6.61 Å². The van der Waals surface area contributed by atoms with Crippen molar-refractivity contribution >= 4 is 5.97 Å². The first-order valence-corrected chi connectivity index (χ1v) is 10.1. The maximum Gasteiger partial charge on any atom is 0.306 e. The Kier molecular flexibility index (Phi) is 5.98. The summed E-state index contributed by atoms with van der Waals surface area (Å²) in [5.41, 5.74) is 3.73. The van der Waals surface area contributed by atoms with Gasteiger partial charge in [0.2, 0.25) is 0 Å². The number of carbonyl (C=O) groups excluding carboxylic acids is 1. The van der Waals surface area contributed by atoms with Crippen LogP contribution in [-0.2, 0) is 21.4 Å². The SMILES string of the molecule is CCOC(=O)CCc1ccc(C#Cc2ccc3c(c2)C(C)(C)CC(C)(C)O3)nc1. The van der Waals surface area contributed by atoms with Crippen molar-refractivity contribution in [1.29, 1.82) is 0 Å². The lowest BCUT2D eigenvalue weighted by Crippen LogP contribution is -2.41. The standard InChI is InChI=1S/C25H29NO3/c1-6-28-23(27)14-10-19-8-12-20(26-16-19)11-7-18-9-13-22-21(15-18)24(2,3)17-25(4,5)29-22/h8-9,12-13,15-16H,6,10,14,17H2,1-5H3. The van der Waals surface area contributed by atoms with Crippen LogP contribution < -0.4 is 4.74 Å². The van der Waals surface area contributed by atoms with Crippen LogP contribution in [0.25, 0.3) is 0 Å². The number of fused-ring (bicyclic) bond motifs is 1. The molecule has 0 aliphatic carbocycles. The molecule has 0 saturated heterocycles. The maximum atomic E-state index is 11.5. The Morgan fingerprint density at radius 2 is 1.97 bits per heavy atom. The Labute approximate surface area is 173 Å². The molecule has 0 N–H and O–H groups in total. The summed E-state index contributed by atoms with van der Waals surface area (Å²) in [5, 5.41) is 0. The van der Waals surface area contributed by atoms with E-state index in [9.17, 15) is 4.79 Å². The molecule has 29 heavy (non-hydrogen) atoms. The Hall–Kier alpha value is -2.80. The average molecular weight is 392 g/mol. The Morgan fingerprint density at radius 1 is 1.17 bits per heavy atom. The highest BCUT2D eigenvalue weighted by atomic mass is 16.5. The predicted molar refractivity (Wildman–Crippen MR) is 114 cm³/mol. The monoisotopic (exact) mass is 391 g/mol. The van der Waals surface area contributed by atoms with Crippen molar-refractivity contribution in [3.8, 4) is 17.6 Å². The van der Waals surface area contributed by atoms with Gasteiger partial charge in [-0.25, -0.2) is 4.98 Å². The second-order valence-electron chi connectivity index (χ2n) is 8.74. The first-order valence-electron chi connectivity index (χ1n) is 10.1. The molecular weight excluding hydrogens is 362 g/mol. The zero-order valence-corrected chi connectivity index (χ0v) is 18.0. The van der Waals surface area contributed by atoms with E-state index in [1.165, 1.54) is 5.56 Å². The Balaban J connectivity index is 1.71. The van der Waals surface area contributed by atoms with Crippen LogP contribution in [0.15, 0.2) is 36.5 Å². The van der Waals surface area contributed by atoms with Crippen molar-refractivity contribution in [3.05, 3.63) is 58.9 Å². The summed E-state index contributed by atoms with van der Waals surface area (Å²) in [5.74, 6) is 7.11. The van der Waals surface area contributed by atoms with Gasteiger partial charge in [0, 0.05) is 23.7 Å². The predicted octanol–water partition coefficient (Wildman–Crippen LogP) is 4.82. The first kappa shape index (κ1) is 20.9. The number of ether oxygens (including phenoxy) is 2. The number of hydrogen-bond donors (Lipinski definition) is 0. The Bertz CT molecular complexity index is 946. The van der Waals surface area contributed by atoms with Gasteiger partial charge in [-0.2, -0.15) is 0 Å². The van der Waals surface area contributed by atoms with E-state index in [0.717, 1.165) is 23.3 Å². The highest BCUT2D eigenvalue weighted by Crippen LogP contribution is 2.44. The smallest absolute Gasteiger partial charge is 0.306 e. The molecule has 0 saturated carbocycles. The number of rotatable bonds is 4. The number of aromatic nitrogens is 1. The second kappa shape index (κ2) is 8.29. The van der Waals surface area contributed by atoms with Gasteiger partial charge in [0.1, 0.15) is 17.0 Å². The van der Waals surface area contributed by atoms with Gasteiger partial charge in [-0.05, 0) is 74.8 Å². The van der Waals surface area contributed by atoms with Gasteiger partial charge in [-0.1, -0.05) is 25.8 Å². The van der Waals surface area contributed by atoms with Crippen LogP contribution in [0.5, 0.6) is 5.75 Å². The minimum Gasteiger partial charge on any atom is -0.488 e. The molecule has 152 valence electrons. The van der Waals surface area contributed by atoms with Crippen molar-refractivity contribution in [2.75, 3.05) is 6.61 Å². The molecule has 3 rings (SSSR count). The highest BCUT2D eigenvalue weighted by Gasteiger charge is 2.38. The fourth-order valence-corrected chi connectivity index (χ4v) is 3.98. The third kappa shape index (κ3) is 5.38. The zero-order chi connectivity index (χ0) is 21.1. The van der Waals surface area contributed by atoms with E-state index in [-0.39, 0.29) is 17.0 Å². The quantitative estimate of drug-likeness (QED) is 0.554. The van der Waals surface area contributed by atoms with Crippen molar-refractivity contribution in [2.45, 2.75) is 64.9 Å². The van der Waals surface area contributed by atoms with Gasteiger partial charge in [-0.3, -0.25) is 4.79 Å². The number of benzene rings is 1. The molecular formula is C25H29NO3. The number of aryl methyl sites for hydroxylation is 1. The van der Waals surface area contributed by atoms with Gasteiger partial charge in [-0.15, -0.1) is 0 Å². The second-order valence-corrected chi connectivity index (χ2v) is 8.74. The molecule has 1 aliphatic heterocycles. The molecule has 2 aromatic rings. The molecule has 0 amide bonds. The van der Waals surface area contributed by atoms with E-state index in [1.807, 2.05) is 31.2 Å². The lowest BCUT2D eigenvalue weighted by molar-refractivity contribution is -0.143. The molecule has 0 bridgehead atoms. The van der Waals surface area contributed by atoms with Crippen LogP contribution in [0.3, 0.4) is 0 Å². The summed E-state index contributed by atoms with van der Waals surface area (Å²) in [4.78, 5) is 15.9. The molecule has 0 radical (unpaired) electrons. The molecule has 4 nitrogen and oxygen atoms in total. The lowest BCUT2D eigenvalue weighted by Gasteiger charge is -2.42. The summed E-state index contributed by atoms with van der Waals surface area (Å²) in [6.45, 7) is 11.0. The van der Waals surface area contributed by atoms with Gasteiger partial charge in [0.25, 0.3) is 0 Å². The maximum absolute atomic E-state index is 11.5. The van der Waals surface area contributed by atoms with E-state index < -0.39 is 0 Å². The van der Waals surface area contributed by atoms with E-state index in [4.69, 9.17) is 9.47 Å². The molecule has 2 heterocycles. The third-order valence-electron chi connectivity index (χ3n) is 5.05. The summed E-state index contributed by atoms with van der Waals surface area (Å²) < 4.78 is 11.1. The minimum atomic E-state index is -0.181. The van der Waals surface area contributed by atoms with Crippen LogP contribution in [0, 0.1) is 11.8 Å². The number of hydrogen-bond acceptors (Lipinski definition) is 4. The molecule has 4 heteroatoms. The van der Waals surface area contributed by atoms with Crippen LogP contribution in [0.2, 0.25) is 0 Å². The summed E-state index contributed by atoms with van der Waals surface area (Å²) in [6, 6.07) is 10.00. The number of esters is 1. The van der Waals surface area contributed by atoms with Crippen molar-refractivity contribution in [1.82, 2.24) is 4.98 Å². The van der Waals surface area contributed by atoms with Crippen LogP contribution in [-0.4, -0.2) is 23.2 Å². The van der Waals surface area contributed by atoms with Crippen molar-refractivity contribution in [3.63, 3.8) is 0 Å². The van der Waals surface area contributed by atoms with Crippen molar-refractivity contribution < 1.29 is 14.3 Å². The van der Waals surface area contributed by atoms with Gasteiger partial charge in [0.15, 0.2) is 0 Å². The van der Waals surface area contributed by atoms with Gasteiger partial charge >= 0.3 is 5.97 Å². The topological polar surface area (TPSA) is 48.4 Å². The van der Waals surface area contributed by atoms with Crippen LogP contribution >= 0.6 is 0 Å². The van der Waals surface area contributed by atoms with E-state index >= 15 is 0 Å². The molecule has 1 aliphatic rings. The first-order chi connectivity index (χ1) is 13.7. The van der Waals surface area contributed by atoms with Crippen LogP contribution in [0.1, 0.15) is 69.8 Å². The summed E-state index contributed by atoms with van der Waals surface area (Å²) in [7, 11) is 0. The third-order valence-corrected chi connectivity index (χ3v) is 5.05. The number of pyridine rings is 1. The normalized spacial score (nSPS) is 16.0. The molecule has 0 spiro atoms. The van der Waals surface area contributed by atoms with Crippen LogP contribution in [0.4, 0.5) is 0 Å². The van der Waals surface area contributed by atoms with Crippen molar-refractivity contribution in [2.24, 2.45) is 0 Å². The zero-order valence-electron chi connectivity index (χ0n) is 18.0.